The number of thiocarbonyl (C=S) groups is 1. The molecule has 4 N–H and O–H groups in total. The molecule has 7 nitrogen and oxygen atoms in total. The highest BCUT2D eigenvalue weighted by Crippen LogP contribution is 2.27. The van der Waals surface area contributed by atoms with E-state index in [9.17, 15) is 8.42 Å². The number of hydrogen-bond acceptors (Lipinski definition) is 5. The van der Waals surface area contributed by atoms with Crippen LogP contribution in [0.3, 0.4) is 0 Å². The van der Waals surface area contributed by atoms with Gasteiger partial charge >= 0.3 is 0 Å². The Bertz CT molecular complexity index is 632. The lowest BCUT2D eigenvalue weighted by Crippen LogP contribution is -2.40. The lowest BCUT2D eigenvalue weighted by atomic mass is 10.3. The second-order valence-corrected chi connectivity index (χ2v) is 7.01. The van der Waals surface area contributed by atoms with Crippen molar-refractivity contribution in [2.75, 3.05) is 31.6 Å². The van der Waals surface area contributed by atoms with Gasteiger partial charge in [0.1, 0.15) is 0 Å². The number of sulfonamides is 1. The molecule has 0 saturated carbocycles. The summed E-state index contributed by atoms with van der Waals surface area (Å²) in [5.74, 6) is 5.17. The lowest BCUT2D eigenvalue weighted by molar-refractivity contribution is 0.0730. The SMILES string of the molecule is NNC(=S)Nc1cc(S(=O)(=O)N2CCOCC2)ccc1Cl. The first-order chi connectivity index (χ1) is 9.95. The van der Waals surface area contributed by atoms with Crippen molar-refractivity contribution >= 4 is 44.6 Å². The van der Waals surface area contributed by atoms with Crippen molar-refractivity contribution in [2.45, 2.75) is 4.90 Å². The van der Waals surface area contributed by atoms with Crippen molar-refractivity contribution in [3.8, 4) is 0 Å². The molecule has 0 atom stereocenters. The third-order valence-corrected chi connectivity index (χ3v) is 5.37. The molecule has 0 spiro atoms. The predicted molar refractivity (Wildman–Crippen MR) is 84.6 cm³/mol. The van der Waals surface area contributed by atoms with E-state index < -0.39 is 10.0 Å². The number of ether oxygens (including phenoxy) is 1. The van der Waals surface area contributed by atoms with Gasteiger partial charge < -0.3 is 15.5 Å². The van der Waals surface area contributed by atoms with Gasteiger partial charge in [-0.1, -0.05) is 11.6 Å². The molecule has 0 aliphatic carbocycles. The number of anilines is 1. The lowest BCUT2D eigenvalue weighted by Gasteiger charge is -2.26. The summed E-state index contributed by atoms with van der Waals surface area (Å²) >= 11 is 10.9. The normalized spacial score (nSPS) is 16.5. The van der Waals surface area contributed by atoms with Crippen LogP contribution in [-0.2, 0) is 14.8 Å². The van der Waals surface area contributed by atoms with Crippen LogP contribution in [-0.4, -0.2) is 44.1 Å². The first-order valence-electron chi connectivity index (χ1n) is 6.10. The van der Waals surface area contributed by atoms with Crippen LogP contribution in [0.25, 0.3) is 0 Å². The average molecular weight is 351 g/mol. The Hall–Kier alpha value is -0.970. The van der Waals surface area contributed by atoms with E-state index in [-0.39, 0.29) is 10.0 Å². The van der Waals surface area contributed by atoms with Gasteiger partial charge in [0.25, 0.3) is 0 Å². The molecule has 1 aromatic rings. The molecule has 1 aliphatic rings. The summed E-state index contributed by atoms with van der Waals surface area (Å²) in [4.78, 5) is 0.135. The summed E-state index contributed by atoms with van der Waals surface area (Å²) in [5.41, 5.74) is 2.62. The van der Waals surface area contributed by atoms with Crippen molar-refractivity contribution < 1.29 is 13.2 Å². The average Bonchev–Trinajstić information content (AvgIpc) is 2.50. The number of hydrogen-bond donors (Lipinski definition) is 3. The number of nitrogens with two attached hydrogens (primary N) is 1. The van der Waals surface area contributed by atoms with Crippen LogP contribution >= 0.6 is 23.8 Å². The van der Waals surface area contributed by atoms with Crippen LogP contribution in [0.5, 0.6) is 0 Å². The Morgan fingerprint density at radius 1 is 1.38 bits per heavy atom. The van der Waals surface area contributed by atoms with E-state index in [2.05, 4.69) is 10.7 Å². The van der Waals surface area contributed by atoms with Gasteiger partial charge in [0.15, 0.2) is 5.11 Å². The quantitative estimate of drug-likeness (QED) is 0.415. The van der Waals surface area contributed by atoms with E-state index in [1.165, 1.54) is 22.5 Å². The van der Waals surface area contributed by atoms with Gasteiger partial charge in [0.2, 0.25) is 10.0 Å². The first kappa shape index (κ1) is 16.4. The fraction of sp³-hybridized carbons (Fsp3) is 0.364. The Morgan fingerprint density at radius 2 is 2.05 bits per heavy atom. The van der Waals surface area contributed by atoms with Crippen LogP contribution in [0.15, 0.2) is 23.1 Å². The Kier molecular flexibility index (Phi) is 5.36. The van der Waals surface area contributed by atoms with E-state index in [1.807, 2.05) is 0 Å². The summed E-state index contributed by atoms with van der Waals surface area (Å²) in [6.07, 6.45) is 0. The molecular weight excluding hydrogens is 336 g/mol. The number of nitrogens with zero attached hydrogens (tertiary/aromatic N) is 1. The van der Waals surface area contributed by atoms with Gasteiger partial charge in [0.05, 0.1) is 28.8 Å². The molecule has 2 rings (SSSR count). The maximum Gasteiger partial charge on any atom is 0.243 e. The summed E-state index contributed by atoms with van der Waals surface area (Å²) in [7, 11) is -3.58. The maximum atomic E-state index is 12.5. The molecule has 0 aromatic heterocycles. The van der Waals surface area contributed by atoms with E-state index in [4.69, 9.17) is 34.4 Å². The van der Waals surface area contributed by atoms with Gasteiger partial charge in [-0.15, -0.1) is 0 Å². The van der Waals surface area contributed by atoms with Gasteiger partial charge in [-0.3, -0.25) is 0 Å². The number of rotatable bonds is 3. The fourth-order valence-electron chi connectivity index (χ4n) is 1.86. The monoisotopic (exact) mass is 350 g/mol. The van der Waals surface area contributed by atoms with Crippen LogP contribution in [0.2, 0.25) is 5.02 Å². The van der Waals surface area contributed by atoms with Crippen molar-refractivity contribution in [1.82, 2.24) is 9.73 Å². The minimum Gasteiger partial charge on any atom is -0.379 e. The molecule has 1 saturated heterocycles. The van der Waals surface area contributed by atoms with E-state index in [0.29, 0.717) is 37.0 Å². The molecule has 21 heavy (non-hydrogen) atoms. The van der Waals surface area contributed by atoms with Crippen LogP contribution < -0.4 is 16.6 Å². The molecule has 0 amide bonds. The Balaban J connectivity index is 2.30. The molecular formula is C11H15ClN4O3S2. The fourth-order valence-corrected chi connectivity index (χ4v) is 3.56. The number of benzene rings is 1. The van der Waals surface area contributed by atoms with Gasteiger partial charge in [-0.25, -0.2) is 14.3 Å². The van der Waals surface area contributed by atoms with Crippen molar-refractivity contribution in [3.63, 3.8) is 0 Å². The third-order valence-electron chi connectivity index (χ3n) is 2.92. The Morgan fingerprint density at radius 3 is 2.67 bits per heavy atom. The zero-order chi connectivity index (χ0) is 15.5. The largest absolute Gasteiger partial charge is 0.379 e. The smallest absolute Gasteiger partial charge is 0.243 e. The molecule has 0 unspecified atom stereocenters. The summed E-state index contributed by atoms with van der Waals surface area (Å²) in [6.45, 7) is 1.44. The van der Waals surface area contributed by atoms with Gasteiger partial charge in [-0.2, -0.15) is 4.31 Å². The minimum atomic E-state index is -3.58. The summed E-state index contributed by atoms with van der Waals surface area (Å²) in [6, 6.07) is 4.38. The second-order valence-electron chi connectivity index (χ2n) is 4.26. The minimum absolute atomic E-state index is 0.135. The van der Waals surface area contributed by atoms with E-state index in [1.54, 1.807) is 0 Å². The molecule has 1 fully saturated rings. The molecule has 1 aromatic carbocycles. The first-order valence-corrected chi connectivity index (χ1v) is 8.33. The third kappa shape index (κ3) is 3.82. The Labute approximate surface area is 133 Å². The number of nitrogens with one attached hydrogen (secondary N) is 2. The molecule has 0 radical (unpaired) electrons. The zero-order valence-electron chi connectivity index (χ0n) is 11.0. The van der Waals surface area contributed by atoms with Crippen molar-refractivity contribution in [1.29, 1.82) is 0 Å². The van der Waals surface area contributed by atoms with Gasteiger partial charge in [0, 0.05) is 13.1 Å². The second kappa shape index (κ2) is 6.86. The predicted octanol–water partition coefficient (Wildman–Crippen LogP) is 0.521. The highest BCUT2D eigenvalue weighted by Gasteiger charge is 2.26. The number of morpholine rings is 1. The van der Waals surface area contributed by atoms with E-state index in [0.717, 1.165) is 0 Å². The zero-order valence-corrected chi connectivity index (χ0v) is 13.4. The highest BCUT2D eigenvalue weighted by molar-refractivity contribution is 7.89. The van der Waals surface area contributed by atoms with Crippen molar-refractivity contribution in [3.05, 3.63) is 23.2 Å². The van der Waals surface area contributed by atoms with Crippen LogP contribution in [0, 0.1) is 0 Å². The molecule has 10 heteroatoms. The van der Waals surface area contributed by atoms with Crippen molar-refractivity contribution in [2.24, 2.45) is 5.84 Å². The van der Waals surface area contributed by atoms with E-state index >= 15 is 0 Å². The molecule has 116 valence electrons. The van der Waals surface area contributed by atoms with Crippen LogP contribution in [0.1, 0.15) is 0 Å². The van der Waals surface area contributed by atoms with Gasteiger partial charge in [-0.05, 0) is 30.4 Å². The summed E-state index contributed by atoms with van der Waals surface area (Å²) in [5, 5.41) is 3.21. The topological polar surface area (TPSA) is 96.7 Å². The number of hydrazine groups is 1. The standard InChI is InChI=1S/C11H15ClN4O3S2/c12-9-2-1-8(7-10(9)14-11(20)15-13)21(17,18)16-3-5-19-6-4-16/h1-2,7H,3-6,13H2,(H2,14,15,20). The highest BCUT2D eigenvalue weighted by atomic mass is 35.5. The molecule has 1 heterocycles. The maximum absolute atomic E-state index is 12.5. The van der Waals surface area contributed by atoms with Crippen LogP contribution in [0.4, 0.5) is 5.69 Å². The number of halogens is 1. The molecule has 1 aliphatic heterocycles. The molecule has 0 bridgehead atoms. The summed E-state index contributed by atoms with van der Waals surface area (Å²) < 4.78 is 31.6.